The van der Waals surface area contributed by atoms with Gasteiger partial charge in [0.2, 0.25) is 0 Å². The van der Waals surface area contributed by atoms with Crippen molar-refractivity contribution in [2.24, 2.45) is 4.74 Å². The Morgan fingerprint density at radius 2 is 1.12 bits per heavy atom. The zero-order valence-corrected chi connectivity index (χ0v) is 10.6. The number of hydrogen-bond donors (Lipinski definition) is 0. The number of rotatable bonds is 2. The molecule has 0 amide bonds. The smallest absolute Gasteiger partial charge is 0.0269 e. The van der Waals surface area contributed by atoms with Gasteiger partial charge in [0.25, 0.3) is 0 Å². The molecule has 2 aromatic rings. The molecule has 0 bridgehead atoms. The van der Waals surface area contributed by atoms with Crippen molar-refractivity contribution < 1.29 is 0 Å². The summed E-state index contributed by atoms with van der Waals surface area (Å²) >= 11 is 0. The highest BCUT2D eigenvalue weighted by atomic mass is 31.2. The van der Waals surface area contributed by atoms with Gasteiger partial charge in [0, 0.05) is 14.1 Å². The zero-order valence-electron chi connectivity index (χ0n) is 9.67. The van der Waals surface area contributed by atoms with Crippen molar-refractivity contribution in [1.29, 1.82) is 0 Å². The molecular weight excluding hydrogens is 213 g/mol. The standard InChI is InChI=1S/C14H16NP/c1-15-16(2,13-9-5-3-6-10-13)14-11-7-4-8-12-14/h3-12H,1-2H3. The molecule has 0 N–H and O–H groups in total. The molecule has 2 rings (SSSR count). The fraction of sp³-hybridized carbons (Fsp3) is 0.143. The summed E-state index contributed by atoms with van der Waals surface area (Å²) in [5, 5.41) is 2.67. The lowest BCUT2D eigenvalue weighted by Crippen LogP contribution is -2.14. The molecule has 0 aliphatic rings. The molecule has 0 aliphatic heterocycles. The Morgan fingerprint density at radius 3 is 1.44 bits per heavy atom. The van der Waals surface area contributed by atoms with Gasteiger partial charge in [0.15, 0.2) is 0 Å². The van der Waals surface area contributed by atoms with Gasteiger partial charge in [0.1, 0.15) is 0 Å². The van der Waals surface area contributed by atoms with Crippen molar-refractivity contribution in [2.45, 2.75) is 0 Å². The average molecular weight is 229 g/mol. The predicted octanol–water partition coefficient (Wildman–Crippen LogP) is 3.10. The van der Waals surface area contributed by atoms with Gasteiger partial charge < -0.3 is 0 Å². The van der Waals surface area contributed by atoms with E-state index in [0.717, 1.165) is 0 Å². The summed E-state index contributed by atoms with van der Waals surface area (Å²) in [6, 6.07) is 21.1. The summed E-state index contributed by atoms with van der Waals surface area (Å²) in [4.78, 5) is 0. The first-order valence-electron chi connectivity index (χ1n) is 5.36. The van der Waals surface area contributed by atoms with Crippen molar-refractivity contribution in [3.8, 4) is 0 Å². The Morgan fingerprint density at radius 1 is 0.750 bits per heavy atom. The monoisotopic (exact) mass is 229 g/mol. The third-order valence-electron chi connectivity index (χ3n) is 2.92. The van der Waals surface area contributed by atoms with Crippen molar-refractivity contribution in [3.63, 3.8) is 0 Å². The van der Waals surface area contributed by atoms with Crippen LogP contribution in [0.4, 0.5) is 0 Å². The molecule has 0 aliphatic carbocycles. The van der Waals surface area contributed by atoms with Gasteiger partial charge in [-0.1, -0.05) is 60.7 Å². The second kappa shape index (κ2) is 4.67. The molecule has 0 atom stereocenters. The van der Waals surface area contributed by atoms with Crippen LogP contribution in [-0.4, -0.2) is 13.7 Å². The molecule has 2 heteroatoms. The minimum atomic E-state index is -1.53. The number of nitrogens with zero attached hydrogens (tertiary/aromatic N) is 1. The number of hydrogen-bond acceptors (Lipinski definition) is 1. The Labute approximate surface area is 97.2 Å². The van der Waals surface area contributed by atoms with E-state index in [1.54, 1.807) is 0 Å². The molecule has 0 saturated carbocycles. The minimum Gasteiger partial charge on any atom is -0.298 e. The van der Waals surface area contributed by atoms with Crippen molar-refractivity contribution in [1.82, 2.24) is 0 Å². The van der Waals surface area contributed by atoms with Gasteiger partial charge >= 0.3 is 0 Å². The van der Waals surface area contributed by atoms with Gasteiger partial charge in [0.05, 0.1) is 0 Å². The quantitative estimate of drug-likeness (QED) is 0.702. The topological polar surface area (TPSA) is 12.4 Å². The second-order valence-corrected chi connectivity index (χ2v) is 7.18. The maximum Gasteiger partial charge on any atom is 0.0269 e. The van der Waals surface area contributed by atoms with E-state index < -0.39 is 7.05 Å². The molecule has 0 aromatic heterocycles. The predicted molar refractivity (Wildman–Crippen MR) is 73.3 cm³/mol. The molecule has 0 heterocycles. The highest BCUT2D eigenvalue weighted by molar-refractivity contribution is 7.80. The third-order valence-corrected chi connectivity index (χ3v) is 6.33. The van der Waals surface area contributed by atoms with Crippen molar-refractivity contribution >= 4 is 17.7 Å². The fourth-order valence-electron chi connectivity index (χ4n) is 1.82. The first-order chi connectivity index (χ1) is 7.77. The van der Waals surface area contributed by atoms with Crippen LogP contribution in [0.2, 0.25) is 0 Å². The summed E-state index contributed by atoms with van der Waals surface area (Å²) in [5.41, 5.74) is 0. The Balaban J connectivity index is 2.59. The third kappa shape index (κ3) is 1.96. The average Bonchev–Trinajstić information content (AvgIpc) is 2.40. The van der Waals surface area contributed by atoms with Crippen LogP contribution in [0.1, 0.15) is 0 Å². The summed E-state index contributed by atoms with van der Waals surface area (Å²) in [7, 11) is 0.394. The van der Waals surface area contributed by atoms with Crippen LogP contribution in [0.25, 0.3) is 0 Å². The summed E-state index contributed by atoms with van der Waals surface area (Å²) in [5.74, 6) is 0. The van der Waals surface area contributed by atoms with E-state index in [9.17, 15) is 0 Å². The molecule has 0 saturated heterocycles. The fourth-order valence-corrected chi connectivity index (χ4v) is 4.08. The van der Waals surface area contributed by atoms with E-state index >= 15 is 0 Å². The maximum absolute atomic E-state index is 4.67. The van der Waals surface area contributed by atoms with Crippen LogP contribution in [-0.2, 0) is 0 Å². The summed E-state index contributed by atoms with van der Waals surface area (Å²) in [6.07, 6.45) is 0. The lowest BCUT2D eigenvalue weighted by atomic mass is 10.4. The van der Waals surface area contributed by atoms with Crippen LogP contribution in [0, 0.1) is 0 Å². The Bertz CT molecular complexity index is 459. The lowest BCUT2D eigenvalue weighted by molar-refractivity contribution is 1.49. The molecule has 0 radical (unpaired) electrons. The molecule has 0 unspecified atom stereocenters. The Kier molecular flexibility index (Phi) is 3.26. The van der Waals surface area contributed by atoms with Crippen LogP contribution < -0.4 is 10.6 Å². The van der Waals surface area contributed by atoms with Crippen LogP contribution in [0.3, 0.4) is 0 Å². The van der Waals surface area contributed by atoms with E-state index in [1.165, 1.54) is 10.6 Å². The molecule has 16 heavy (non-hydrogen) atoms. The van der Waals surface area contributed by atoms with Crippen molar-refractivity contribution in [3.05, 3.63) is 60.7 Å². The van der Waals surface area contributed by atoms with E-state index in [1.807, 2.05) is 7.05 Å². The van der Waals surface area contributed by atoms with Gasteiger partial charge in [-0.3, -0.25) is 4.74 Å². The highest BCUT2D eigenvalue weighted by Gasteiger charge is 2.16. The molecule has 0 spiro atoms. The maximum atomic E-state index is 4.67. The highest BCUT2D eigenvalue weighted by Crippen LogP contribution is 2.42. The van der Waals surface area contributed by atoms with Crippen LogP contribution in [0.5, 0.6) is 0 Å². The van der Waals surface area contributed by atoms with Crippen molar-refractivity contribution in [2.75, 3.05) is 13.7 Å². The zero-order chi connectivity index (χ0) is 11.4. The molecule has 2 aromatic carbocycles. The SMILES string of the molecule is CN=P(C)(c1ccccc1)c1ccccc1. The summed E-state index contributed by atoms with van der Waals surface area (Å²) < 4.78 is 4.67. The molecule has 82 valence electrons. The lowest BCUT2D eigenvalue weighted by Gasteiger charge is -2.20. The normalized spacial score (nSPS) is 11.1. The van der Waals surface area contributed by atoms with Crippen LogP contribution in [0.15, 0.2) is 65.4 Å². The molecule has 1 nitrogen and oxygen atoms in total. The first kappa shape index (κ1) is 11.2. The van der Waals surface area contributed by atoms with E-state index in [-0.39, 0.29) is 0 Å². The molecule has 0 fully saturated rings. The van der Waals surface area contributed by atoms with E-state index in [0.29, 0.717) is 0 Å². The van der Waals surface area contributed by atoms with Gasteiger partial charge in [-0.2, -0.15) is 0 Å². The first-order valence-corrected chi connectivity index (χ1v) is 7.55. The Hall–Kier alpha value is -1.33. The summed E-state index contributed by atoms with van der Waals surface area (Å²) in [6.45, 7) is 2.26. The van der Waals surface area contributed by atoms with Gasteiger partial charge in [-0.15, -0.1) is 0 Å². The van der Waals surface area contributed by atoms with E-state index in [4.69, 9.17) is 0 Å². The number of benzene rings is 2. The van der Waals surface area contributed by atoms with Gasteiger partial charge in [-0.05, 0) is 17.3 Å². The largest absolute Gasteiger partial charge is 0.298 e. The van der Waals surface area contributed by atoms with Gasteiger partial charge in [-0.25, -0.2) is 0 Å². The molecular formula is C14H16NP. The minimum absolute atomic E-state index is 1.34. The van der Waals surface area contributed by atoms with Crippen LogP contribution >= 0.6 is 7.05 Å². The second-order valence-electron chi connectivity index (χ2n) is 3.83. The van der Waals surface area contributed by atoms with E-state index in [2.05, 4.69) is 72.1 Å².